The first-order valence-electron chi connectivity index (χ1n) is 6.19. The summed E-state index contributed by atoms with van der Waals surface area (Å²) >= 11 is 1.24. The molecule has 20 heavy (non-hydrogen) atoms. The Morgan fingerprint density at radius 1 is 1.35 bits per heavy atom. The molecule has 0 saturated carbocycles. The third kappa shape index (κ3) is 5.13. The lowest BCUT2D eigenvalue weighted by Gasteiger charge is -2.19. The van der Waals surface area contributed by atoms with Crippen molar-refractivity contribution in [2.24, 2.45) is 0 Å². The first-order valence-corrected chi connectivity index (χ1v) is 7.18. The molecule has 0 aliphatic rings. The molecule has 5 nitrogen and oxygen atoms in total. The predicted octanol–water partition coefficient (Wildman–Crippen LogP) is 2.06. The number of nitrogens with two attached hydrogens (primary N) is 1. The van der Waals surface area contributed by atoms with Crippen LogP contribution in [0, 0.1) is 0 Å². The molecule has 1 aromatic carbocycles. The zero-order valence-corrected chi connectivity index (χ0v) is 13.0. The number of hydrogen-bond donors (Lipinski definition) is 2. The molecule has 3 N–H and O–H groups in total. The van der Waals surface area contributed by atoms with Crippen LogP contribution < -0.4 is 11.1 Å². The Hall–Kier alpha value is -1.69. The van der Waals surface area contributed by atoms with Gasteiger partial charge in [-0.2, -0.15) is 0 Å². The summed E-state index contributed by atoms with van der Waals surface area (Å²) in [5.41, 5.74) is 6.24. The quantitative estimate of drug-likeness (QED) is 0.505. The first kappa shape index (κ1) is 16.4. The van der Waals surface area contributed by atoms with Gasteiger partial charge in [0, 0.05) is 17.6 Å². The second-order valence-electron chi connectivity index (χ2n) is 5.21. The number of rotatable bonds is 4. The van der Waals surface area contributed by atoms with Crippen molar-refractivity contribution in [1.82, 2.24) is 5.32 Å². The van der Waals surface area contributed by atoms with E-state index in [0.717, 1.165) is 0 Å². The fraction of sp³-hybridized carbons (Fsp3) is 0.429. The Labute approximate surface area is 123 Å². The maximum absolute atomic E-state index is 11.7. The van der Waals surface area contributed by atoms with Crippen LogP contribution in [-0.4, -0.2) is 30.3 Å². The van der Waals surface area contributed by atoms with Gasteiger partial charge in [-0.1, -0.05) is 0 Å². The standard InChI is InChI=1S/C14H20N2O3S/c1-14(2,3)19-12(17)8-20-11-7-9(15)5-6-10(11)13(18)16-4/h5-7H,8,15H2,1-4H3,(H,16,18). The fourth-order valence-corrected chi connectivity index (χ4v) is 2.36. The largest absolute Gasteiger partial charge is 0.459 e. The van der Waals surface area contributed by atoms with Crippen molar-refractivity contribution in [3.05, 3.63) is 23.8 Å². The fourth-order valence-electron chi connectivity index (χ4n) is 1.49. The minimum absolute atomic E-state index is 0.130. The lowest BCUT2D eigenvalue weighted by molar-refractivity contribution is -0.151. The van der Waals surface area contributed by atoms with Gasteiger partial charge in [0.2, 0.25) is 0 Å². The highest BCUT2D eigenvalue weighted by molar-refractivity contribution is 8.00. The molecule has 0 fully saturated rings. The first-order chi connectivity index (χ1) is 9.23. The highest BCUT2D eigenvalue weighted by atomic mass is 32.2. The lowest BCUT2D eigenvalue weighted by atomic mass is 10.2. The van der Waals surface area contributed by atoms with Gasteiger partial charge >= 0.3 is 5.97 Å². The SMILES string of the molecule is CNC(=O)c1ccc(N)cc1SCC(=O)OC(C)(C)C. The maximum atomic E-state index is 11.7. The van der Waals surface area contributed by atoms with Gasteiger partial charge in [-0.15, -0.1) is 11.8 Å². The summed E-state index contributed by atoms with van der Waals surface area (Å²) in [6.45, 7) is 5.43. The number of carbonyl (C=O) groups excluding carboxylic acids is 2. The van der Waals surface area contributed by atoms with Crippen LogP contribution in [0.4, 0.5) is 5.69 Å². The van der Waals surface area contributed by atoms with Crippen LogP contribution in [-0.2, 0) is 9.53 Å². The van der Waals surface area contributed by atoms with E-state index in [1.165, 1.54) is 11.8 Å². The van der Waals surface area contributed by atoms with Crippen molar-refractivity contribution in [1.29, 1.82) is 0 Å². The van der Waals surface area contributed by atoms with Gasteiger partial charge in [-0.25, -0.2) is 0 Å². The molecule has 1 amide bonds. The third-order valence-corrected chi connectivity index (χ3v) is 3.27. The van der Waals surface area contributed by atoms with E-state index >= 15 is 0 Å². The molecular weight excluding hydrogens is 276 g/mol. The molecule has 110 valence electrons. The minimum Gasteiger partial charge on any atom is -0.459 e. The van der Waals surface area contributed by atoms with Crippen LogP contribution in [0.15, 0.2) is 23.1 Å². The molecule has 0 bridgehead atoms. The van der Waals surface area contributed by atoms with E-state index in [0.29, 0.717) is 16.1 Å². The molecule has 0 aliphatic heterocycles. The average Bonchev–Trinajstić information content (AvgIpc) is 2.33. The number of carbonyl (C=O) groups is 2. The minimum atomic E-state index is -0.517. The molecule has 0 heterocycles. The van der Waals surface area contributed by atoms with E-state index in [1.807, 2.05) is 20.8 Å². The average molecular weight is 296 g/mol. The van der Waals surface area contributed by atoms with Crippen molar-refractivity contribution in [3.8, 4) is 0 Å². The van der Waals surface area contributed by atoms with Gasteiger partial charge in [0.25, 0.3) is 5.91 Å². The highest BCUT2D eigenvalue weighted by Gasteiger charge is 2.18. The van der Waals surface area contributed by atoms with E-state index in [4.69, 9.17) is 10.5 Å². The maximum Gasteiger partial charge on any atom is 0.316 e. The molecule has 0 atom stereocenters. The summed E-state index contributed by atoms with van der Waals surface area (Å²) in [4.78, 5) is 24.1. The summed E-state index contributed by atoms with van der Waals surface area (Å²) < 4.78 is 5.22. The number of nitrogen functional groups attached to an aromatic ring is 1. The van der Waals surface area contributed by atoms with E-state index in [2.05, 4.69) is 5.32 Å². The van der Waals surface area contributed by atoms with Crippen LogP contribution in [0.1, 0.15) is 31.1 Å². The zero-order chi connectivity index (χ0) is 15.3. The zero-order valence-electron chi connectivity index (χ0n) is 12.1. The molecule has 0 radical (unpaired) electrons. The summed E-state index contributed by atoms with van der Waals surface area (Å²) in [6, 6.07) is 4.98. The number of ether oxygens (including phenoxy) is 1. The van der Waals surface area contributed by atoms with Crippen LogP contribution >= 0.6 is 11.8 Å². The normalized spacial score (nSPS) is 11.0. The van der Waals surface area contributed by atoms with Crippen LogP contribution in [0.2, 0.25) is 0 Å². The number of thioether (sulfide) groups is 1. The van der Waals surface area contributed by atoms with Crippen LogP contribution in [0.25, 0.3) is 0 Å². The number of hydrogen-bond acceptors (Lipinski definition) is 5. The van der Waals surface area contributed by atoms with Crippen molar-refractivity contribution in [2.75, 3.05) is 18.5 Å². The van der Waals surface area contributed by atoms with Gasteiger partial charge in [-0.05, 0) is 39.0 Å². The van der Waals surface area contributed by atoms with Crippen LogP contribution in [0.3, 0.4) is 0 Å². The molecule has 0 saturated heterocycles. The second kappa shape index (κ2) is 6.65. The Morgan fingerprint density at radius 2 is 2.00 bits per heavy atom. The van der Waals surface area contributed by atoms with Crippen molar-refractivity contribution >= 4 is 29.3 Å². The smallest absolute Gasteiger partial charge is 0.316 e. The van der Waals surface area contributed by atoms with E-state index in [-0.39, 0.29) is 17.6 Å². The number of nitrogens with one attached hydrogen (secondary N) is 1. The summed E-state index contributed by atoms with van der Waals surface area (Å²) in [5.74, 6) is -0.408. The number of anilines is 1. The molecule has 0 spiro atoms. The number of benzene rings is 1. The summed E-state index contributed by atoms with van der Waals surface area (Å²) in [7, 11) is 1.56. The Balaban J connectivity index is 2.79. The van der Waals surface area contributed by atoms with Crippen LogP contribution in [0.5, 0.6) is 0 Å². The van der Waals surface area contributed by atoms with E-state index < -0.39 is 5.60 Å². The topological polar surface area (TPSA) is 81.4 Å². The molecule has 0 unspecified atom stereocenters. The second-order valence-corrected chi connectivity index (χ2v) is 6.23. The molecule has 6 heteroatoms. The Bertz CT molecular complexity index is 510. The van der Waals surface area contributed by atoms with Gasteiger partial charge in [0.1, 0.15) is 5.60 Å². The monoisotopic (exact) mass is 296 g/mol. The predicted molar refractivity (Wildman–Crippen MR) is 80.8 cm³/mol. The Morgan fingerprint density at radius 3 is 2.55 bits per heavy atom. The highest BCUT2D eigenvalue weighted by Crippen LogP contribution is 2.26. The van der Waals surface area contributed by atoms with Gasteiger partial charge < -0.3 is 15.8 Å². The summed E-state index contributed by atoms with van der Waals surface area (Å²) in [6.07, 6.45) is 0. The summed E-state index contributed by atoms with van der Waals surface area (Å²) in [5, 5.41) is 2.56. The van der Waals surface area contributed by atoms with E-state index in [1.54, 1.807) is 25.2 Å². The van der Waals surface area contributed by atoms with Gasteiger partial charge in [0.15, 0.2) is 0 Å². The van der Waals surface area contributed by atoms with Crippen molar-refractivity contribution < 1.29 is 14.3 Å². The number of amides is 1. The lowest BCUT2D eigenvalue weighted by Crippen LogP contribution is -2.25. The third-order valence-electron chi connectivity index (χ3n) is 2.24. The number of esters is 1. The van der Waals surface area contributed by atoms with Gasteiger partial charge in [0.05, 0.1) is 11.3 Å². The van der Waals surface area contributed by atoms with E-state index in [9.17, 15) is 9.59 Å². The molecule has 1 rings (SSSR count). The van der Waals surface area contributed by atoms with Crippen molar-refractivity contribution in [2.45, 2.75) is 31.3 Å². The van der Waals surface area contributed by atoms with Gasteiger partial charge in [-0.3, -0.25) is 9.59 Å². The molecular formula is C14H20N2O3S. The molecule has 1 aromatic rings. The Kier molecular flexibility index (Phi) is 5.44. The van der Waals surface area contributed by atoms with Crippen molar-refractivity contribution in [3.63, 3.8) is 0 Å². The molecule has 0 aliphatic carbocycles. The molecule has 0 aromatic heterocycles.